The van der Waals surface area contributed by atoms with Gasteiger partial charge in [-0.3, -0.25) is 4.79 Å². The summed E-state index contributed by atoms with van der Waals surface area (Å²) in [5, 5.41) is 1.83. The van der Waals surface area contributed by atoms with Crippen LogP contribution in [-0.4, -0.2) is 12.4 Å². The van der Waals surface area contributed by atoms with Crippen LogP contribution >= 0.6 is 11.3 Å². The standard InChI is InChI=1S/C13H11FO2S/c1-9-4-5-10(7-11(9)14)16-8-12(15)13-3-2-6-17-13/h2-7H,8H2,1H3. The van der Waals surface area contributed by atoms with E-state index in [4.69, 9.17) is 4.74 Å². The molecule has 1 heterocycles. The summed E-state index contributed by atoms with van der Waals surface area (Å²) < 4.78 is 18.5. The topological polar surface area (TPSA) is 26.3 Å². The zero-order valence-corrected chi connectivity index (χ0v) is 10.1. The summed E-state index contributed by atoms with van der Waals surface area (Å²) in [6.07, 6.45) is 0. The lowest BCUT2D eigenvalue weighted by Crippen LogP contribution is -2.10. The summed E-state index contributed by atoms with van der Waals surface area (Å²) >= 11 is 1.37. The molecule has 0 atom stereocenters. The van der Waals surface area contributed by atoms with E-state index in [2.05, 4.69) is 0 Å². The van der Waals surface area contributed by atoms with Crippen LogP contribution in [0.4, 0.5) is 4.39 Å². The zero-order valence-electron chi connectivity index (χ0n) is 9.27. The van der Waals surface area contributed by atoms with Crippen LogP contribution in [0, 0.1) is 12.7 Å². The van der Waals surface area contributed by atoms with Gasteiger partial charge in [-0.05, 0) is 30.0 Å². The summed E-state index contributed by atoms with van der Waals surface area (Å²) in [6, 6.07) is 8.12. The van der Waals surface area contributed by atoms with E-state index in [1.165, 1.54) is 17.4 Å². The maximum absolute atomic E-state index is 13.2. The van der Waals surface area contributed by atoms with Crippen molar-refractivity contribution >= 4 is 17.1 Å². The SMILES string of the molecule is Cc1ccc(OCC(=O)c2cccs2)cc1F. The number of halogens is 1. The first-order chi connectivity index (χ1) is 8.16. The van der Waals surface area contributed by atoms with E-state index in [9.17, 15) is 9.18 Å². The fourth-order valence-corrected chi connectivity index (χ4v) is 1.97. The van der Waals surface area contributed by atoms with Gasteiger partial charge in [-0.1, -0.05) is 12.1 Å². The molecular formula is C13H11FO2S. The van der Waals surface area contributed by atoms with Crippen molar-refractivity contribution in [2.24, 2.45) is 0 Å². The van der Waals surface area contributed by atoms with Gasteiger partial charge in [0.2, 0.25) is 5.78 Å². The van der Waals surface area contributed by atoms with Gasteiger partial charge in [-0.2, -0.15) is 0 Å². The van der Waals surface area contributed by atoms with Crippen LogP contribution in [0.25, 0.3) is 0 Å². The average molecular weight is 250 g/mol. The number of ether oxygens (including phenoxy) is 1. The first-order valence-corrected chi connectivity index (χ1v) is 6.00. The van der Waals surface area contributed by atoms with Crippen LogP contribution in [0.5, 0.6) is 5.75 Å². The fourth-order valence-electron chi connectivity index (χ4n) is 1.32. The molecule has 0 saturated carbocycles. The van der Waals surface area contributed by atoms with Crippen molar-refractivity contribution in [2.45, 2.75) is 6.92 Å². The molecule has 0 aliphatic rings. The molecular weight excluding hydrogens is 239 g/mol. The highest BCUT2D eigenvalue weighted by atomic mass is 32.1. The number of aryl methyl sites for hydroxylation is 1. The summed E-state index contributed by atoms with van der Waals surface area (Å²) in [7, 11) is 0. The quantitative estimate of drug-likeness (QED) is 0.777. The van der Waals surface area contributed by atoms with Gasteiger partial charge in [0.1, 0.15) is 11.6 Å². The third-order valence-corrected chi connectivity index (χ3v) is 3.22. The van der Waals surface area contributed by atoms with Crippen LogP contribution in [0.1, 0.15) is 15.2 Å². The largest absolute Gasteiger partial charge is 0.485 e. The predicted octanol–water partition coefficient (Wildman–Crippen LogP) is 3.46. The van der Waals surface area contributed by atoms with Gasteiger partial charge in [-0.25, -0.2) is 4.39 Å². The molecule has 1 aromatic carbocycles. The minimum absolute atomic E-state index is 0.0665. The second-order valence-electron chi connectivity index (χ2n) is 3.60. The highest BCUT2D eigenvalue weighted by molar-refractivity contribution is 7.12. The predicted molar refractivity (Wildman–Crippen MR) is 65.3 cm³/mol. The number of carbonyl (C=O) groups is 1. The van der Waals surface area contributed by atoms with Gasteiger partial charge < -0.3 is 4.74 Å². The average Bonchev–Trinajstić information content (AvgIpc) is 2.84. The first-order valence-electron chi connectivity index (χ1n) is 5.12. The number of benzene rings is 1. The number of hydrogen-bond donors (Lipinski definition) is 0. The summed E-state index contributed by atoms with van der Waals surface area (Å²) in [6.45, 7) is 1.61. The lowest BCUT2D eigenvalue weighted by molar-refractivity contribution is 0.0925. The normalized spacial score (nSPS) is 10.2. The molecule has 0 fully saturated rings. The second kappa shape index (κ2) is 5.10. The number of carbonyl (C=O) groups excluding carboxylic acids is 1. The van der Waals surface area contributed by atoms with Crippen molar-refractivity contribution in [3.8, 4) is 5.75 Å². The number of thiophene rings is 1. The molecule has 2 aromatic rings. The minimum atomic E-state index is -0.328. The smallest absolute Gasteiger partial charge is 0.210 e. The molecule has 1 aromatic heterocycles. The van der Waals surface area contributed by atoms with E-state index in [1.54, 1.807) is 25.1 Å². The van der Waals surface area contributed by atoms with Crippen molar-refractivity contribution in [1.29, 1.82) is 0 Å². The number of rotatable bonds is 4. The number of hydrogen-bond acceptors (Lipinski definition) is 3. The fraction of sp³-hybridized carbons (Fsp3) is 0.154. The Hall–Kier alpha value is -1.68. The van der Waals surface area contributed by atoms with Crippen molar-refractivity contribution in [1.82, 2.24) is 0 Å². The highest BCUT2D eigenvalue weighted by Crippen LogP contribution is 2.16. The Morgan fingerprint density at radius 2 is 2.24 bits per heavy atom. The van der Waals surface area contributed by atoms with Crippen LogP contribution in [0.15, 0.2) is 35.7 Å². The molecule has 88 valence electrons. The first kappa shape index (κ1) is 11.8. The van der Waals surface area contributed by atoms with Gasteiger partial charge in [0, 0.05) is 6.07 Å². The molecule has 0 saturated heterocycles. The Morgan fingerprint density at radius 3 is 2.88 bits per heavy atom. The summed E-state index contributed by atoms with van der Waals surface area (Å²) in [4.78, 5) is 12.3. The zero-order chi connectivity index (χ0) is 12.3. The lowest BCUT2D eigenvalue weighted by atomic mass is 10.2. The molecule has 4 heteroatoms. The molecule has 0 N–H and O–H groups in total. The molecule has 17 heavy (non-hydrogen) atoms. The van der Waals surface area contributed by atoms with E-state index in [0.29, 0.717) is 16.2 Å². The summed E-state index contributed by atoms with van der Waals surface area (Å²) in [5.74, 6) is -0.0509. The molecule has 0 radical (unpaired) electrons. The van der Waals surface area contributed by atoms with Crippen LogP contribution < -0.4 is 4.74 Å². The van der Waals surface area contributed by atoms with E-state index < -0.39 is 0 Å². The number of ketones is 1. The third kappa shape index (κ3) is 2.91. The molecule has 2 nitrogen and oxygen atoms in total. The Morgan fingerprint density at radius 1 is 1.41 bits per heavy atom. The lowest BCUT2D eigenvalue weighted by Gasteiger charge is -2.05. The molecule has 0 spiro atoms. The van der Waals surface area contributed by atoms with Crippen LogP contribution in [0.3, 0.4) is 0 Å². The molecule has 0 unspecified atom stereocenters. The minimum Gasteiger partial charge on any atom is -0.485 e. The van der Waals surface area contributed by atoms with Gasteiger partial charge in [-0.15, -0.1) is 11.3 Å². The monoisotopic (exact) mass is 250 g/mol. The van der Waals surface area contributed by atoms with E-state index in [-0.39, 0.29) is 18.2 Å². The molecule has 0 aliphatic heterocycles. The van der Waals surface area contributed by atoms with E-state index in [0.717, 1.165) is 0 Å². The third-order valence-electron chi connectivity index (χ3n) is 2.31. The molecule has 0 amide bonds. The Balaban J connectivity index is 1.98. The van der Waals surface area contributed by atoms with Gasteiger partial charge in [0.25, 0.3) is 0 Å². The van der Waals surface area contributed by atoms with E-state index in [1.807, 2.05) is 11.4 Å². The van der Waals surface area contributed by atoms with Crippen LogP contribution in [0.2, 0.25) is 0 Å². The van der Waals surface area contributed by atoms with Gasteiger partial charge >= 0.3 is 0 Å². The molecule has 0 bridgehead atoms. The van der Waals surface area contributed by atoms with Crippen molar-refractivity contribution in [2.75, 3.05) is 6.61 Å². The maximum Gasteiger partial charge on any atom is 0.210 e. The Kier molecular flexibility index (Phi) is 3.54. The van der Waals surface area contributed by atoms with E-state index >= 15 is 0 Å². The Labute approximate surface area is 103 Å². The van der Waals surface area contributed by atoms with Crippen LogP contribution in [-0.2, 0) is 0 Å². The second-order valence-corrected chi connectivity index (χ2v) is 4.55. The highest BCUT2D eigenvalue weighted by Gasteiger charge is 2.08. The van der Waals surface area contributed by atoms with Gasteiger partial charge in [0.15, 0.2) is 6.61 Å². The van der Waals surface area contributed by atoms with Crippen molar-refractivity contribution in [3.05, 3.63) is 52.0 Å². The van der Waals surface area contributed by atoms with Crippen molar-refractivity contribution in [3.63, 3.8) is 0 Å². The molecule has 2 rings (SSSR count). The van der Waals surface area contributed by atoms with Gasteiger partial charge in [0.05, 0.1) is 4.88 Å². The summed E-state index contributed by atoms with van der Waals surface area (Å²) in [5.41, 5.74) is 0.557. The maximum atomic E-state index is 13.2. The molecule has 0 aliphatic carbocycles. The van der Waals surface area contributed by atoms with Crippen molar-refractivity contribution < 1.29 is 13.9 Å². The Bertz CT molecular complexity index is 520. The number of Topliss-reactive ketones (excluding diaryl/α,β-unsaturated/α-hetero) is 1.